The van der Waals surface area contributed by atoms with E-state index in [0.717, 1.165) is 10.4 Å². The molecule has 0 saturated heterocycles. The Morgan fingerprint density at radius 2 is 1.92 bits per heavy atom. The number of nitrogens with one attached hydrogen (secondary N) is 1. The van der Waals surface area contributed by atoms with Crippen molar-refractivity contribution in [2.45, 2.75) is 20.4 Å². The molecule has 6 nitrogen and oxygen atoms in total. The fourth-order valence-corrected chi connectivity index (χ4v) is 3.10. The number of ketones is 1. The van der Waals surface area contributed by atoms with Gasteiger partial charge in [-0.25, -0.2) is 4.79 Å². The number of halogens is 1. The largest absolute Gasteiger partial charge is 0.482 e. The zero-order chi connectivity index (χ0) is 19.1. The second-order valence-electron chi connectivity index (χ2n) is 5.46. The van der Waals surface area contributed by atoms with Gasteiger partial charge in [-0.15, -0.1) is 11.3 Å². The average molecular weight is 396 g/mol. The summed E-state index contributed by atoms with van der Waals surface area (Å²) in [4.78, 5) is 36.0. The fourth-order valence-electron chi connectivity index (χ4n) is 2.00. The third kappa shape index (κ3) is 6.16. The minimum atomic E-state index is -0.636. The monoisotopic (exact) mass is 395 g/mol. The molecule has 0 aliphatic heterocycles. The van der Waals surface area contributed by atoms with Crippen molar-refractivity contribution in [3.8, 4) is 5.75 Å². The van der Waals surface area contributed by atoms with Gasteiger partial charge in [0.1, 0.15) is 5.75 Å². The highest BCUT2D eigenvalue weighted by Gasteiger charge is 2.13. The minimum absolute atomic E-state index is 0.142. The predicted molar refractivity (Wildman–Crippen MR) is 98.8 cm³/mol. The lowest BCUT2D eigenvalue weighted by atomic mass is 10.2. The van der Waals surface area contributed by atoms with Crippen molar-refractivity contribution < 1.29 is 23.9 Å². The quantitative estimate of drug-likeness (QED) is 0.548. The molecule has 0 fully saturated rings. The Morgan fingerprint density at radius 3 is 2.62 bits per heavy atom. The molecule has 0 unspecified atom stereocenters. The number of aryl methyl sites for hydroxylation is 1. The molecule has 1 aromatic carbocycles. The minimum Gasteiger partial charge on any atom is -0.482 e. The summed E-state index contributed by atoms with van der Waals surface area (Å²) in [6.45, 7) is 2.94. The molecule has 0 radical (unpaired) electrons. The van der Waals surface area contributed by atoms with Crippen molar-refractivity contribution in [2.24, 2.45) is 0 Å². The molecule has 138 valence electrons. The van der Waals surface area contributed by atoms with Crippen LogP contribution in [0.4, 0.5) is 0 Å². The Balaban J connectivity index is 1.77. The molecule has 2 rings (SSSR count). The normalized spacial score (nSPS) is 10.3. The molecule has 0 aliphatic rings. The van der Waals surface area contributed by atoms with Crippen LogP contribution in [0.1, 0.15) is 27.0 Å². The van der Waals surface area contributed by atoms with Crippen LogP contribution in [0.2, 0.25) is 5.02 Å². The summed E-state index contributed by atoms with van der Waals surface area (Å²) in [7, 11) is 0. The third-order valence-corrected chi connectivity index (χ3v) is 4.66. The van der Waals surface area contributed by atoms with E-state index in [1.54, 1.807) is 30.3 Å². The van der Waals surface area contributed by atoms with Crippen LogP contribution >= 0.6 is 22.9 Å². The Bertz CT molecular complexity index is 818. The Morgan fingerprint density at radius 1 is 1.15 bits per heavy atom. The van der Waals surface area contributed by atoms with Gasteiger partial charge in [-0.1, -0.05) is 11.6 Å². The van der Waals surface area contributed by atoms with Crippen molar-refractivity contribution in [3.05, 3.63) is 50.7 Å². The van der Waals surface area contributed by atoms with Gasteiger partial charge in [0, 0.05) is 16.8 Å². The first-order chi connectivity index (χ1) is 12.3. The summed E-state index contributed by atoms with van der Waals surface area (Å²) >= 11 is 7.10. The molecule has 0 bridgehead atoms. The van der Waals surface area contributed by atoms with Gasteiger partial charge in [-0.3, -0.25) is 9.59 Å². The summed E-state index contributed by atoms with van der Waals surface area (Å²) in [6, 6.07) is 8.45. The van der Waals surface area contributed by atoms with E-state index in [2.05, 4.69) is 5.32 Å². The maximum absolute atomic E-state index is 12.1. The van der Waals surface area contributed by atoms with E-state index >= 15 is 0 Å². The van der Waals surface area contributed by atoms with Crippen LogP contribution in [0.25, 0.3) is 0 Å². The molecule has 26 heavy (non-hydrogen) atoms. The molecule has 1 heterocycles. The molecule has 2 aromatic rings. The van der Waals surface area contributed by atoms with Gasteiger partial charge < -0.3 is 14.8 Å². The zero-order valence-electron chi connectivity index (χ0n) is 14.3. The molecule has 0 saturated carbocycles. The standard InChI is InChI=1S/C18H18ClNO5S/c1-11-7-13(19)3-5-16(11)24-10-18(23)25-9-15(22)17-6-4-14(26-17)8-20-12(2)21/h3-7H,8-10H2,1-2H3,(H,20,21). The number of thiophene rings is 1. The van der Waals surface area contributed by atoms with Crippen LogP contribution in [-0.4, -0.2) is 30.9 Å². The van der Waals surface area contributed by atoms with E-state index < -0.39 is 5.97 Å². The molecule has 0 spiro atoms. The number of benzene rings is 1. The molecule has 8 heteroatoms. The van der Waals surface area contributed by atoms with E-state index in [-0.39, 0.29) is 24.9 Å². The predicted octanol–water partition coefficient (Wildman–Crippen LogP) is 3.15. The number of carbonyl (C=O) groups is 3. The molecular weight excluding hydrogens is 378 g/mol. The van der Waals surface area contributed by atoms with Gasteiger partial charge in [0.15, 0.2) is 13.2 Å². The van der Waals surface area contributed by atoms with Gasteiger partial charge in [0.25, 0.3) is 0 Å². The highest BCUT2D eigenvalue weighted by molar-refractivity contribution is 7.14. The van der Waals surface area contributed by atoms with Gasteiger partial charge >= 0.3 is 5.97 Å². The molecule has 1 N–H and O–H groups in total. The number of hydrogen-bond acceptors (Lipinski definition) is 6. The highest BCUT2D eigenvalue weighted by atomic mass is 35.5. The Hall–Kier alpha value is -2.38. The molecule has 1 aromatic heterocycles. The van der Waals surface area contributed by atoms with Crippen LogP contribution in [0.15, 0.2) is 30.3 Å². The SMILES string of the molecule is CC(=O)NCc1ccc(C(=O)COC(=O)COc2ccc(Cl)cc2C)s1. The summed E-state index contributed by atoms with van der Waals surface area (Å²) in [5.41, 5.74) is 0.798. The number of Topliss-reactive ketones (excluding diaryl/α,β-unsaturated/α-hetero) is 1. The lowest BCUT2D eigenvalue weighted by Crippen LogP contribution is -2.19. The number of amides is 1. The van der Waals surface area contributed by atoms with Crippen LogP contribution in [-0.2, 0) is 20.9 Å². The van der Waals surface area contributed by atoms with E-state index in [1.807, 2.05) is 6.92 Å². The lowest BCUT2D eigenvalue weighted by Gasteiger charge is -2.09. The average Bonchev–Trinajstić information content (AvgIpc) is 3.06. The first-order valence-electron chi connectivity index (χ1n) is 7.76. The van der Waals surface area contributed by atoms with E-state index in [9.17, 15) is 14.4 Å². The first-order valence-corrected chi connectivity index (χ1v) is 8.95. The zero-order valence-corrected chi connectivity index (χ0v) is 15.9. The number of esters is 1. The second-order valence-corrected chi connectivity index (χ2v) is 7.06. The Kier molecular flexibility index (Phi) is 7.17. The summed E-state index contributed by atoms with van der Waals surface area (Å²) < 4.78 is 10.3. The van der Waals surface area contributed by atoms with Gasteiger partial charge in [-0.2, -0.15) is 0 Å². The number of rotatable bonds is 8. The van der Waals surface area contributed by atoms with Crippen molar-refractivity contribution in [1.29, 1.82) is 0 Å². The van der Waals surface area contributed by atoms with Crippen LogP contribution in [0, 0.1) is 6.92 Å². The lowest BCUT2D eigenvalue weighted by molar-refractivity contribution is -0.144. The molecule has 1 amide bonds. The second kappa shape index (κ2) is 9.35. The first kappa shape index (κ1) is 19.9. The maximum Gasteiger partial charge on any atom is 0.344 e. The van der Waals surface area contributed by atoms with Crippen molar-refractivity contribution in [1.82, 2.24) is 5.32 Å². The smallest absolute Gasteiger partial charge is 0.344 e. The van der Waals surface area contributed by atoms with Gasteiger partial charge in [-0.05, 0) is 42.8 Å². The van der Waals surface area contributed by atoms with Crippen molar-refractivity contribution >= 4 is 40.6 Å². The molecule has 0 aliphatic carbocycles. The van der Waals surface area contributed by atoms with E-state index in [4.69, 9.17) is 21.1 Å². The maximum atomic E-state index is 12.1. The van der Waals surface area contributed by atoms with Crippen molar-refractivity contribution in [3.63, 3.8) is 0 Å². The van der Waals surface area contributed by atoms with E-state index in [1.165, 1.54) is 18.3 Å². The molecule has 0 atom stereocenters. The topological polar surface area (TPSA) is 81.7 Å². The molecular formula is C18H18ClNO5S. The highest BCUT2D eigenvalue weighted by Crippen LogP contribution is 2.21. The number of hydrogen-bond donors (Lipinski definition) is 1. The number of carbonyl (C=O) groups excluding carboxylic acids is 3. The number of ether oxygens (including phenoxy) is 2. The summed E-state index contributed by atoms with van der Waals surface area (Å²) in [5, 5.41) is 3.23. The van der Waals surface area contributed by atoms with Crippen LogP contribution < -0.4 is 10.1 Å². The summed E-state index contributed by atoms with van der Waals surface area (Å²) in [5.74, 6) is -0.558. The summed E-state index contributed by atoms with van der Waals surface area (Å²) in [6.07, 6.45) is 0. The van der Waals surface area contributed by atoms with Gasteiger partial charge in [0.2, 0.25) is 11.7 Å². The van der Waals surface area contributed by atoms with Crippen molar-refractivity contribution in [2.75, 3.05) is 13.2 Å². The van der Waals surface area contributed by atoms with E-state index in [0.29, 0.717) is 22.2 Å². The fraction of sp³-hybridized carbons (Fsp3) is 0.278. The van der Waals surface area contributed by atoms with Gasteiger partial charge in [0.05, 0.1) is 11.4 Å². The van der Waals surface area contributed by atoms with Crippen LogP contribution in [0.5, 0.6) is 5.75 Å². The third-order valence-electron chi connectivity index (χ3n) is 3.29. The van der Waals surface area contributed by atoms with Crippen LogP contribution in [0.3, 0.4) is 0 Å². The Labute approximate surface area is 160 Å².